The Hall–Kier alpha value is 0.260. The Balaban J connectivity index is 2.12. The zero-order valence-electron chi connectivity index (χ0n) is 4.25. The predicted octanol–water partition coefficient (Wildman–Crippen LogP) is 0.938. The van der Waals surface area contributed by atoms with Gasteiger partial charge in [0.25, 0.3) is 0 Å². The first-order valence-electron chi connectivity index (χ1n) is 2.28. The third kappa shape index (κ3) is 0.475. The molecule has 0 aliphatic carbocycles. The predicted molar refractivity (Wildman–Crippen MR) is 23.4 cm³/mol. The van der Waals surface area contributed by atoms with Gasteiger partial charge in [-0.25, -0.2) is 27.2 Å². The quantitative estimate of drug-likeness (QED) is 0.520. The van der Waals surface area contributed by atoms with Crippen molar-refractivity contribution < 1.29 is 31.5 Å². The molecule has 6 aliphatic rings. The van der Waals surface area contributed by atoms with E-state index in [0.717, 1.165) is 0 Å². The molecule has 6 saturated heterocycles. The molecular weight excluding hydrogens is 186 g/mol. The second kappa shape index (κ2) is 1.17. The summed E-state index contributed by atoms with van der Waals surface area (Å²) in [7, 11) is -7.07. The lowest BCUT2D eigenvalue weighted by Crippen LogP contribution is -2.57. The average molecular weight is 186 g/mol. The Morgan fingerprint density at radius 1 is 0.900 bits per heavy atom. The van der Waals surface area contributed by atoms with E-state index in [1.165, 1.54) is 0 Å². The van der Waals surface area contributed by atoms with Crippen LogP contribution in [0.5, 0.6) is 0 Å². The molecule has 0 unspecified atom stereocenters. The summed E-state index contributed by atoms with van der Waals surface area (Å²) in [5.74, 6) is 0. The molecule has 7 nitrogen and oxygen atoms in total. The Bertz CT molecular complexity index is 251. The number of phosphoric acid groups is 2. The standard InChI is InChI=1S/CO7P2/c2-9-4-1(5-9)6-10(3,7-1)8-9. The minimum absolute atomic E-state index is 1.76. The van der Waals surface area contributed by atoms with Gasteiger partial charge in [0.2, 0.25) is 0 Å². The molecule has 6 fully saturated rings. The van der Waals surface area contributed by atoms with Gasteiger partial charge < -0.3 is 0 Å². The highest BCUT2D eigenvalue weighted by Gasteiger charge is 2.83. The molecule has 0 amide bonds. The molecule has 0 saturated carbocycles. The summed E-state index contributed by atoms with van der Waals surface area (Å²) >= 11 is 0. The fourth-order valence-electron chi connectivity index (χ4n) is 0.817. The molecule has 3 bridgehead atoms. The van der Waals surface area contributed by atoms with Crippen LogP contribution >= 0.6 is 15.6 Å². The van der Waals surface area contributed by atoms with E-state index < -0.39 is 21.8 Å². The van der Waals surface area contributed by atoms with Crippen LogP contribution in [-0.2, 0) is 31.5 Å². The molecular formula is CO7P2. The second-order valence-electron chi connectivity index (χ2n) is 1.84. The number of hydrogen-bond acceptors (Lipinski definition) is 7. The summed E-state index contributed by atoms with van der Waals surface area (Å²) in [4.78, 5) is 0. The van der Waals surface area contributed by atoms with Crippen molar-refractivity contribution in [2.75, 3.05) is 0 Å². The van der Waals surface area contributed by atoms with E-state index in [1.54, 1.807) is 0 Å². The minimum atomic E-state index is -3.54. The van der Waals surface area contributed by atoms with Gasteiger partial charge in [0.1, 0.15) is 0 Å². The van der Waals surface area contributed by atoms with Crippen LogP contribution in [-0.4, -0.2) is 6.16 Å². The number of rotatable bonds is 0. The van der Waals surface area contributed by atoms with Gasteiger partial charge in [-0.15, -0.1) is 0 Å². The zero-order valence-corrected chi connectivity index (χ0v) is 6.04. The zero-order chi connectivity index (χ0) is 7.04. The van der Waals surface area contributed by atoms with Crippen LogP contribution in [0.3, 0.4) is 0 Å². The van der Waals surface area contributed by atoms with Crippen LogP contribution in [0.1, 0.15) is 0 Å². The summed E-state index contributed by atoms with van der Waals surface area (Å²) in [5.41, 5.74) is 0. The van der Waals surface area contributed by atoms with Crippen LogP contribution in [0.25, 0.3) is 0 Å². The molecule has 0 radical (unpaired) electrons. The van der Waals surface area contributed by atoms with E-state index >= 15 is 0 Å². The van der Waals surface area contributed by atoms with Crippen LogP contribution in [0.4, 0.5) is 0 Å². The lowest BCUT2D eigenvalue weighted by atomic mass is 11.2. The first-order valence-corrected chi connectivity index (χ1v) is 5.20. The fraction of sp³-hybridized carbons (Fsp3) is 1.00. The molecule has 56 valence electrons. The van der Waals surface area contributed by atoms with Crippen molar-refractivity contribution in [2.45, 2.75) is 6.16 Å². The van der Waals surface area contributed by atoms with Gasteiger partial charge in [0.05, 0.1) is 0 Å². The SMILES string of the molecule is O=P12OC3(O1)OP(=O)(O3)O2. The molecule has 10 heavy (non-hydrogen) atoms. The first kappa shape index (κ1) is 5.85. The van der Waals surface area contributed by atoms with Gasteiger partial charge in [-0.1, -0.05) is 0 Å². The summed E-state index contributed by atoms with van der Waals surface area (Å²) in [5, 5.41) is 0. The smallest absolute Gasteiger partial charge is 0.227 e. The van der Waals surface area contributed by atoms with Crippen LogP contribution in [0.2, 0.25) is 0 Å². The largest absolute Gasteiger partial charge is 0.496 e. The van der Waals surface area contributed by atoms with E-state index in [9.17, 15) is 9.13 Å². The Morgan fingerprint density at radius 3 is 1.50 bits per heavy atom. The Labute approximate surface area is 54.4 Å². The second-order valence-corrected chi connectivity index (χ2v) is 5.01. The third-order valence-corrected chi connectivity index (χ3v) is 4.48. The molecule has 0 N–H and O–H groups in total. The maximum Gasteiger partial charge on any atom is 0.496 e. The van der Waals surface area contributed by atoms with Gasteiger partial charge >= 0.3 is 21.8 Å². The van der Waals surface area contributed by atoms with Crippen LogP contribution < -0.4 is 0 Å². The third-order valence-electron chi connectivity index (χ3n) is 1.09. The molecule has 6 heterocycles. The maximum atomic E-state index is 10.7. The molecule has 0 aromatic rings. The van der Waals surface area contributed by atoms with Crippen LogP contribution in [0, 0.1) is 0 Å². The molecule has 0 atom stereocenters. The van der Waals surface area contributed by atoms with Crippen molar-refractivity contribution in [2.24, 2.45) is 0 Å². The summed E-state index contributed by atoms with van der Waals surface area (Å²) in [6, 6.07) is 0. The molecule has 6 aliphatic heterocycles. The van der Waals surface area contributed by atoms with Crippen molar-refractivity contribution in [3.05, 3.63) is 0 Å². The lowest BCUT2D eigenvalue weighted by molar-refractivity contribution is -0.498. The highest BCUT2D eigenvalue weighted by atomic mass is 31.3. The molecule has 9 heteroatoms. The highest BCUT2D eigenvalue weighted by Crippen LogP contribution is 2.90. The van der Waals surface area contributed by atoms with E-state index in [-0.39, 0.29) is 0 Å². The van der Waals surface area contributed by atoms with E-state index in [4.69, 9.17) is 0 Å². The summed E-state index contributed by atoms with van der Waals surface area (Å²) in [6.45, 7) is 0. The van der Waals surface area contributed by atoms with Crippen molar-refractivity contribution in [3.63, 3.8) is 0 Å². The van der Waals surface area contributed by atoms with Crippen molar-refractivity contribution in [1.29, 1.82) is 0 Å². The average Bonchev–Trinajstić information content (AvgIpc) is 1.51. The summed E-state index contributed by atoms with van der Waals surface area (Å²) in [6.07, 6.45) is -1.76. The summed E-state index contributed by atoms with van der Waals surface area (Å²) < 4.78 is 43.2. The van der Waals surface area contributed by atoms with E-state index in [2.05, 4.69) is 22.4 Å². The van der Waals surface area contributed by atoms with Gasteiger partial charge in [-0.3, -0.25) is 0 Å². The van der Waals surface area contributed by atoms with Gasteiger partial charge in [0, 0.05) is 0 Å². The van der Waals surface area contributed by atoms with Gasteiger partial charge in [0.15, 0.2) is 0 Å². The van der Waals surface area contributed by atoms with Crippen molar-refractivity contribution >= 4 is 15.6 Å². The molecule has 0 aromatic heterocycles. The topological polar surface area (TPSA) is 80.3 Å². The number of hydrogen-bond donors (Lipinski definition) is 0. The Kier molecular flexibility index (Phi) is 0.684. The van der Waals surface area contributed by atoms with Gasteiger partial charge in [-0.05, 0) is 0 Å². The molecule has 0 aromatic carbocycles. The normalized spacial score (nSPS) is 70.0. The van der Waals surface area contributed by atoms with E-state index in [1.807, 2.05) is 0 Å². The van der Waals surface area contributed by atoms with Crippen molar-refractivity contribution in [3.8, 4) is 0 Å². The maximum absolute atomic E-state index is 10.7. The highest BCUT2D eigenvalue weighted by molar-refractivity contribution is 7.65. The lowest BCUT2D eigenvalue weighted by Gasteiger charge is -2.54. The minimum Gasteiger partial charge on any atom is -0.227 e. The number of phosphoric ester groups is 2. The first-order chi connectivity index (χ1) is 4.54. The molecule has 1 spiro atoms. The monoisotopic (exact) mass is 186 g/mol. The van der Waals surface area contributed by atoms with Gasteiger partial charge in [-0.2, -0.15) is 4.31 Å². The molecule has 6 rings (SSSR count). The fourth-order valence-corrected chi connectivity index (χ4v) is 3.99. The van der Waals surface area contributed by atoms with Crippen molar-refractivity contribution in [1.82, 2.24) is 0 Å². The van der Waals surface area contributed by atoms with Crippen LogP contribution in [0.15, 0.2) is 0 Å². The van der Waals surface area contributed by atoms with E-state index in [0.29, 0.717) is 0 Å². The Morgan fingerprint density at radius 2 is 1.30 bits per heavy atom.